The standard InChI is InChI=1S/C2HI2N/c3-2(4)1-5/h2H. The second-order valence-corrected chi connectivity index (χ2v) is 5.30. The van der Waals surface area contributed by atoms with Crippen LogP contribution in [0.2, 0.25) is 0 Å². The Morgan fingerprint density at radius 2 is 1.80 bits per heavy atom. The quantitative estimate of drug-likeness (QED) is 0.492. The molecule has 0 saturated heterocycles. The van der Waals surface area contributed by atoms with Crippen LogP contribution in [0.3, 0.4) is 0 Å². The average Bonchev–Trinajstić information content (AvgIpc) is 1.38. The van der Waals surface area contributed by atoms with Crippen molar-refractivity contribution >= 4 is 45.2 Å². The summed E-state index contributed by atoms with van der Waals surface area (Å²) in [5.74, 6) is 0. The Kier molecular flexibility index (Phi) is 3.75. The number of halogens is 2. The predicted molar refractivity (Wildman–Crippen MR) is 37.4 cm³/mol. The van der Waals surface area contributed by atoms with E-state index >= 15 is 0 Å². The minimum absolute atomic E-state index is 0.130. The van der Waals surface area contributed by atoms with Crippen molar-refractivity contribution in [3.05, 3.63) is 0 Å². The summed E-state index contributed by atoms with van der Waals surface area (Å²) >= 11 is 4.06. The summed E-state index contributed by atoms with van der Waals surface area (Å²) < 4.78 is 0.130. The molecule has 0 heterocycles. The predicted octanol–water partition coefficient (Wildman–Crippen LogP) is 1.71. The van der Waals surface area contributed by atoms with E-state index < -0.39 is 0 Å². The van der Waals surface area contributed by atoms with E-state index in [9.17, 15) is 0 Å². The summed E-state index contributed by atoms with van der Waals surface area (Å²) in [6.45, 7) is 0. The first-order valence-electron chi connectivity index (χ1n) is 0.949. The Morgan fingerprint density at radius 3 is 1.80 bits per heavy atom. The molecule has 3 heteroatoms. The summed E-state index contributed by atoms with van der Waals surface area (Å²) in [6.07, 6.45) is 0. The second kappa shape index (κ2) is 3.15. The third kappa shape index (κ3) is 4.95. The molecule has 0 fully saturated rings. The van der Waals surface area contributed by atoms with Gasteiger partial charge in [-0.25, -0.2) is 0 Å². The molecule has 1 nitrogen and oxygen atoms in total. The van der Waals surface area contributed by atoms with Gasteiger partial charge >= 0.3 is 0 Å². The van der Waals surface area contributed by atoms with Gasteiger partial charge in [0, 0.05) is 0 Å². The van der Waals surface area contributed by atoms with Gasteiger partial charge in [0.2, 0.25) is 0 Å². The molecule has 0 unspecified atom stereocenters. The minimum atomic E-state index is 0.130. The highest BCUT2D eigenvalue weighted by Crippen LogP contribution is 2.05. The van der Waals surface area contributed by atoms with Crippen molar-refractivity contribution in [3.63, 3.8) is 0 Å². The van der Waals surface area contributed by atoms with Crippen LogP contribution in [0.15, 0.2) is 0 Å². The molecule has 0 spiro atoms. The Bertz CT molecular complexity index is 53.2. The summed E-state index contributed by atoms with van der Waals surface area (Å²) in [5.41, 5.74) is 0. The van der Waals surface area contributed by atoms with Crippen LogP contribution in [0.1, 0.15) is 0 Å². The van der Waals surface area contributed by atoms with Crippen LogP contribution in [-0.4, -0.2) is 1.93 Å². The van der Waals surface area contributed by atoms with Gasteiger partial charge in [0.05, 0.1) is 6.07 Å². The maximum Gasteiger partial charge on any atom is 0.149 e. The van der Waals surface area contributed by atoms with Crippen LogP contribution in [0, 0.1) is 11.3 Å². The third-order valence-electron chi connectivity index (χ3n) is 0.0976. The molecular weight excluding hydrogens is 292 g/mol. The van der Waals surface area contributed by atoms with Crippen molar-refractivity contribution in [3.8, 4) is 6.07 Å². The van der Waals surface area contributed by atoms with Gasteiger partial charge in [-0.1, -0.05) is 45.2 Å². The average molecular weight is 293 g/mol. The van der Waals surface area contributed by atoms with Crippen molar-refractivity contribution in [1.82, 2.24) is 0 Å². The summed E-state index contributed by atoms with van der Waals surface area (Å²) in [4.78, 5) is 0. The zero-order valence-corrected chi connectivity index (χ0v) is 6.60. The highest BCUT2D eigenvalue weighted by atomic mass is 127. The normalized spacial score (nSPS) is 7.60. The highest BCUT2D eigenvalue weighted by molar-refractivity contribution is 14.2. The highest BCUT2D eigenvalue weighted by Gasteiger charge is 1.84. The minimum Gasteiger partial charge on any atom is -0.196 e. The number of hydrogen-bond donors (Lipinski definition) is 0. The molecule has 0 aliphatic heterocycles. The van der Waals surface area contributed by atoms with Gasteiger partial charge in [-0.15, -0.1) is 0 Å². The number of nitrogens with zero attached hydrogens (tertiary/aromatic N) is 1. The molecule has 28 valence electrons. The molecule has 0 atom stereocenters. The van der Waals surface area contributed by atoms with E-state index in [1.807, 2.05) is 51.3 Å². The number of alkyl halides is 2. The maximum atomic E-state index is 7.88. The van der Waals surface area contributed by atoms with Gasteiger partial charge < -0.3 is 0 Å². The molecule has 0 aliphatic carbocycles. The van der Waals surface area contributed by atoms with Gasteiger partial charge in [-0.3, -0.25) is 0 Å². The number of hydrogen-bond acceptors (Lipinski definition) is 1. The third-order valence-corrected chi connectivity index (χ3v) is 0.655. The van der Waals surface area contributed by atoms with E-state index in [0.717, 1.165) is 0 Å². The Morgan fingerprint density at radius 1 is 1.60 bits per heavy atom. The van der Waals surface area contributed by atoms with E-state index in [4.69, 9.17) is 5.26 Å². The van der Waals surface area contributed by atoms with Gasteiger partial charge in [-0.2, -0.15) is 5.26 Å². The molecular formula is C2HI2N. The van der Waals surface area contributed by atoms with Crippen LogP contribution in [-0.2, 0) is 0 Å². The lowest BCUT2D eigenvalue weighted by Crippen LogP contribution is -1.67. The van der Waals surface area contributed by atoms with E-state index in [0.29, 0.717) is 0 Å². The van der Waals surface area contributed by atoms with Gasteiger partial charge in [0.15, 0.2) is 0 Å². The summed E-state index contributed by atoms with van der Waals surface area (Å²) in [5, 5.41) is 7.88. The first-order chi connectivity index (χ1) is 2.27. The van der Waals surface area contributed by atoms with Crippen LogP contribution >= 0.6 is 45.2 Å². The van der Waals surface area contributed by atoms with Crippen LogP contribution in [0.4, 0.5) is 0 Å². The molecule has 0 rings (SSSR count). The molecule has 0 aromatic rings. The fourth-order valence-corrected chi connectivity index (χ4v) is 0. The fraction of sp³-hybridized carbons (Fsp3) is 0.500. The lowest BCUT2D eigenvalue weighted by atomic mass is 10.9. The molecule has 0 saturated carbocycles. The zero-order chi connectivity index (χ0) is 4.28. The first-order valence-corrected chi connectivity index (χ1v) is 3.44. The molecule has 0 aromatic heterocycles. The van der Waals surface area contributed by atoms with Crippen molar-refractivity contribution in [2.24, 2.45) is 0 Å². The fourth-order valence-electron chi connectivity index (χ4n) is 0. The smallest absolute Gasteiger partial charge is 0.149 e. The Balaban J connectivity index is 2.94. The van der Waals surface area contributed by atoms with E-state index in [1.165, 1.54) is 0 Å². The van der Waals surface area contributed by atoms with E-state index in [2.05, 4.69) is 0 Å². The van der Waals surface area contributed by atoms with Gasteiger partial charge in [-0.05, 0) is 0 Å². The summed E-state index contributed by atoms with van der Waals surface area (Å²) in [6, 6.07) is 2.00. The van der Waals surface area contributed by atoms with Crippen molar-refractivity contribution in [2.75, 3.05) is 0 Å². The van der Waals surface area contributed by atoms with Crippen molar-refractivity contribution < 1.29 is 0 Å². The number of nitriles is 1. The molecule has 5 heavy (non-hydrogen) atoms. The molecule has 0 bridgehead atoms. The Labute approximate surface area is 58.0 Å². The molecule has 0 N–H and O–H groups in total. The van der Waals surface area contributed by atoms with Crippen molar-refractivity contribution in [2.45, 2.75) is 1.93 Å². The van der Waals surface area contributed by atoms with E-state index in [-0.39, 0.29) is 1.93 Å². The summed E-state index contributed by atoms with van der Waals surface area (Å²) in [7, 11) is 0. The Hall–Kier alpha value is 0.950. The lowest BCUT2D eigenvalue weighted by Gasteiger charge is -1.70. The molecule has 0 aromatic carbocycles. The molecule has 0 radical (unpaired) electrons. The topological polar surface area (TPSA) is 23.8 Å². The van der Waals surface area contributed by atoms with Gasteiger partial charge in [0.1, 0.15) is 1.93 Å². The van der Waals surface area contributed by atoms with Crippen molar-refractivity contribution in [1.29, 1.82) is 5.26 Å². The van der Waals surface area contributed by atoms with Gasteiger partial charge in [0.25, 0.3) is 0 Å². The van der Waals surface area contributed by atoms with E-state index in [1.54, 1.807) is 0 Å². The molecule has 0 amide bonds. The molecule has 0 aliphatic rings. The zero-order valence-electron chi connectivity index (χ0n) is 2.28. The van der Waals surface area contributed by atoms with Crippen LogP contribution in [0.25, 0.3) is 0 Å². The lowest BCUT2D eigenvalue weighted by molar-refractivity contribution is 1.50. The first kappa shape index (κ1) is 5.95. The van der Waals surface area contributed by atoms with Crippen LogP contribution < -0.4 is 0 Å². The number of rotatable bonds is 0. The largest absolute Gasteiger partial charge is 0.196 e. The SMILES string of the molecule is N#CC(I)I. The van der Waals surface area contributed by atoms with Crippen LogP contribution in [0.5, 0.6) is 0 Å². The monoisotopic (exact) mass is 293 g/mol. The second-order valence-electron chi connectivity index (χ2n) is 0.430. The maximum absolute atomic E-state index is 7.88.